The van der Waals surface area contributed by atoms with Crippen molar-refractivity contribution in [1.29, 1.82) is 0 Å². The van der Waals surface area contributed by atoms with E-state index in [4.69, 9.17) is 0 Å². The summed E-state index contributed by atoms with van der Waals surface area (Å²) in [6, 6.07) is 18.1. The summed E-state index contributed by atoms with van der Waals surface area (Å²) in [7, 11) is 0. The first-order valence-electron chi connectivity index (χ1n) is 6.85. The predicted molar refractivity (Wildman–Crippen MR) is 81.0 cm³/mol. The fourth-order valence-electron chi connectivity index (χ4n) is 2.46. The molecule has 0 N–H and O–H groups in total. The topological polar surface area (TPSA) is 60.2 Å². The van der Waals surface area contributed by atoms with Crippen LogP contribution in [0.3, 0.4) is 0 Å². The lowest BCUT2D eigenvalue weighted by molar-refractivity contribution is -0.484. The summed E-state index contributed by atoms with van der Waals surface area (Å²) in [4.78, 5) is 23.1. The van der Waals surface area contributed by atoms with Crippen molar-refractivity contribution in [3.8, 4) is 0 Å². The fourth-order valence-corrected chi connectivity index (χ4v) is 2.46. The zero-order valence-electron chi connectivity index (χ0n) is 11.8. The number of carbonyl (C=O) groups is 1. The normalized spacial score (nSPS) is 13.4. The molecule has 21 heavy (non-hydrogen) atoms. The minimum atomic E-state index is -0.444. The zero-order valence-corrected chi connectivity index (χ0v) is 11.8. The molecule has 0 saturated carbocycles. The van der Waals surface area contributed by atoms with Gasteiger partial charge in [0.25, 0.3) is 0 Å². The number of nitro groups is 1. The molecule has 0 aliphatic carbocycles. The van der Waals surface area contributed by atoms with E-state index in [-0.39, 0.29) is 17.3 Å². The lowest BCUT2D eigenvalue weighted by atomic mass is 9.82. The number of hydrogen-bond donors (Lipinski definition) is 0. The van der Waals surface area contributed by atoms with Crippen molar-refractivity contribution in [2.75, 3.05) is 6.54 Å². The Hall–Kier alpha value is -2.49. The minimum absolute atomic E-state index is 0.0636. The van der Waals surface area contributed by atoms with E-state index in [1.54, 1.807) is 31.2 Å². The highest BCUT2D eigenvalue weighted by Gasteiger charge is 2.30. The summed E-state index contributed by atoms with van der Waals surface area (Å²) < 4.78 is 0. The summed E-state index contributed by atoms with van der Waals surface area (Å²) in [5, 5.41) is 10.9. The first-order valence-corrected chi connectivity index (χ1v) is 6.85. The number of rotatable bonds is 6. The standard InChI is InChI=1S/C17H17NO3/c1-13(17(19)15-10-6-3-7-11-15)16(12-18(20)21)14-8-4-2-5-9-14/h2-11,13,16H,12H2,1H3/t13-,16+/m1/s1. The highest BCUT2D eigenvalue weighted by molar-refractivity contribution is 5.98. The molecule has 0 unspecified atom stereocenters. The highest BCUT2D eigenvalue weighted by atomic mass is 16.6. The average Bonchev–Trinajstić information content (AvgIpc) is 2.53. The van der Waals surface area contributed by atoms with Crippen molar-refractivity contribution >= 4 is 5.78 Å². The van der Waals surface area contributed by atoms with Gasteiger partial charge in [-0.2, -0.15) is 0 Å². The second-order valence-corrected chi connectivity index (χ2v) is 5.05. The maximum Gasteiger partial charge on any atom is 0.211 e. The molecule has 4 heteroatoms. The molecule has 0 bridgehead atoms. The Balaban J connectivity index is 2.28. The molecule has 0 aliphatic heterocycles. The van der Waals surface area contributed by atoms with Crippen LogP contribution in [0.4, 0.5) is 0 Å². The largest absolute Gasteiger partial charge is 0.294 e. The summed E-state index contributed by atoms with van der Waals surface area (Å²) in [6.45, 7) is 1.51. The third-order valence-corrected chi connectivity index (χ3v) is 3.65. The molecule has 2 aromatic carbocycles. The van der Waals surface area contributed by atoms with Crippen LogP contribution in [0.5, 0.6) is 0 Å². The van der Waals surface area contributed by atoms with Crippen LogP contribution >= 0.6 is 0 Å². The molecule has 0 aromatic heterocycles. The van der Waals surface area contributed by atoms with Crippen LogP contribution in [0.1, 0.15) is 28.8 Å². The molecule has 2 atom stereocenters. The number of carbonyl (C=O) groups excluding carboxylic acids is 1. The summed E-state index contributed by atoms with van der Waals surface area (Å²) in [5.41, 5.74) is 1.42. The SMILES string of the molecule is C[C@@H](C(=O)c1ccccc1)[C@H](C[N+](=O)[O-])c1ccccc1. The van der Waals surface area contributed by atoms with Gasteiger partial charge >= 0.3 is 0 Å². The minimum Gasteiger partial charge on any atom is -0.294 e. The third-order valence-electron chi connectivity index (χ3n) is 3.65. The quantitative estimate of drug-likeness (QED) is 0.462. The Morgan fingerprint density at radius 3 is 2.10 bits per heavy atom. The fraction of sp³-hybridized carbons (Fsp3) is 0.235. The Kier molecular flexibility index (Phi) is 4.82. The first kappa shape index (κ1) is 14.9. The number of ketones is 1. The average molecular weight is 283 g/mol. The third kappa shape index (κ3) is 3.75. The van der Waals surface area contributed by atoms with Crippen LogP contribution in [-0.2, 0) is 0 Å². The Bertz CT molecular complexity index is 610. The maximum atomic E-state index is 12.5. The van der Waals surface area contributed by atoms with E-state index >= 15 is 0 Å². The zero-order chi connectivity index (χ0) is 15.2. The van der Waals surface area contributed by atoms with E-state index in [0.29, 0.717) is 5.56 Å². The van der Waals surface area contributed by atoms with Crippen molar-refractivity contribution < 1.29 is 9.72 Å². The number of Topliss-reactive ketones (excluding diaryl/α,β-unsaturated/α-hetero) is 1. The molecule has 0 saturated heterocycles. The Labute approximate surface area is 123 Å². The van der Waals surface area contributed by atoms with E-state index in [0.717, 1.165) is 5.56 Å². The molecule has 0 aliphatic rings. The van der Waals surface area contributed by atoms with Crippen LogP contribution in [0.25, 0.3) is 0 Å². The van der Waals surface area contributed by atoms with Gasteiger partial charge in [0.2, 0.25) is 6.54 Å². The van der Waals surface area contributed by atoms with Gasteiger partial charge in [0.1, 0.15) is 0 Å². The van der Waals surface area contributed by atoms with Crippen molar-refractivity contribution in [3.05, 3.63) is 81.9 Å². The van der Waals surface area contributed by atoms with Gasteiger partial charge in [0.05, 0.1) is 5.92 Å². The van der Waals surface area contributed by atoms with E-state index < -0.39 is 11.8 Å². The van der Waals surface area contributed by atoms with Gasteiger partial charge in [-0.1, -0.05) is 67.6 Å². The van der Waals surface area contributed by atoms with Crippen LogP contribution in [-0.4, -0.2) is 17.3 Å². The smallest absolute Gasteiger partial charge is 0.211 e. The van der Waals surface area contributed by atoms with Crippen LogP contribution in [0, 0.1) is 16.0 Å². The van der Waals surface area contributed by atoms with E-state index in [2.05, 4.69) is 0 Å². The number of hydrogen-bond acceptors (Lipinski definition) is 3. The first-order chi connectivity index (χ1) is 10.1. The summed E-state index contributed by atoms with van der Waals surface area (Å²) in [5.74, 6) is -0.930. The summed E-state index contributed by atoms with van der Waals surface area (Å²) >= 11 is 0. The van der Waals surface area contributed by atoms with Crippen LogP contribution < -0.4 is 0 Å². The molecule has 4 nitrogen and oxygen atoms in total. The molecule has 2 rings (SSSR count). The van der Waals surface area contributed by atoms with Gasteiger partial charge in [-0.15, -0.1) is 0 Å². The van der Waals surface area contributed by atoms with Crippen molar-refractivity contribution in [3.63, 3.8) is 0 Å². The monoisotopic (exact) mass is 283 g/mol. The number of nitrogens with zero attached hydrogens (tertiary/aromatic N) is 1. The molecular formula is C17H17NO3. The lowest BCUT2D eigenvalue weighted by Gasteiger charge is -2.20. The molecule has 0 amide bonds. The van der Waals surface area contributed by atoms with Gasteiger partial charge in [-0.25, -0.2) is 0 Å². The van der Waals surface area contributed by atoms with Gasteiger partial charge in [-0.3, -0.25) is 14.9 Å². The van der Waals surface area contributed by atoms with Gasteiger partial charge in [0.15, 0.2) is 5.78 Å². The maximum absolute atomic E-state index is 12.5. The molecule has 0 heterocycles. The van der Waals surface area contributed by atoms with Gasteiger partial charge < -0.3 is 0 Å². The van der Waals surface area contributed by atoms with E-state index in [1.807, 2.05) is 36.4 Å². The van der Waals surface area contributed by atoms with Crippen LogP contribution in [0.2, 0.25) is 0 Å². The number of benzene rings is 2. The molecule has 0 radical (unpaired) electrons. The van der Waals surface area contributed by atoms with Gasteiger partial charge in [-0.05, 0) is 5.56 Å². The molecule has 0 spiro atoms. The van der Waals surface area contributed by atoms with Crippen molar-refractivity contribution in [1.82, 2.24) is 0 Å². The highest BCUT2D eigenvalue weighted by Crippen LogP contribution is 2.27. The van der Waals surface area contributed by atoms with Gasteiger partial charge in [0, 0.05) is 16.4 Å². The second-order valence-electron chi connectivity index (χ2n) is 5.05. The lowest BCUT2D eigenvalue weighted by Crippen LogP contribution is -2.25. The van der Waals surface area contributed by atoms with E-state index in [9.17, 15) is 14.9 Å². The van der Waals surface area contributed by atoms with Crippen molar-refractivity contribution in [2.24, 2.45) is 5.92 Å². The molecule has 2 aromatic rings. The molecular weight excluding hydrogens is 266 g/mol. The van der Waals surface area contributed by atoms with Crippen molar-refractivity contribution in [2.45, 2.75) is 12.8 Å². The summed E-state index contributed by atoms with van der Waals surface area (Å²) in [6.07, 6.45) is 0. The molecule has 108 valence electrons. The molecule has 0 fully saturated rings. The Morgan fingerprint density at radius 1 is 1.05 bits per heavy atom. The van der Waals surface area contributed by atoms with E-state index in [1.165, 1.54) is 0 Å². The second kappa shape index (κ2) is 6.79. The predicted octanol–water partition coefficient (Wildman–Crippen LogP) is 3.57. The van der Waals surface area contributed by atoms with Crippen LogP contribution in [0.15, 0.2) is 60.7 Å². The Morgan fingerprint density at radius 2 is 1.57 bits per heavy atom.